The molecule has 0 atom stereocenters. The van der Waals surface area contributed by atoms with Crippen LogP contribution in [0, 0.1) is 0 Å². The zero-order valence-electron chi connectivity index (χ0n) is 12.5. The molecule has 0 saturated carbocycles. The van der Waals surface area contributed by atoms with Crippen LogP contribution in [0.4, 0.5) is 5.69 Å². The Labute approximate surface area is 121 Å². The number of hydrogen-bond acceptors (Lipinski definition) is 4. The van der Waals surface area contributed by atoms with Crippen molar-refractivity contribution in [2.75, 3.05) is 37.6 Å². The van der Waals surface area contributed by atoms with Gasteiger partial charge in [0.05, 0.1) is 0 Å². The van der Waals surface area contributed by atoms with E-state index in [1.807, 2.05) is 18.2 Å². The van der Waals surface area contributed by atoms with Crippen LogP contribution in [0.1, 0.15) is 30.6 Å². The fraction of sp³-hybridized carbons (Fsp3) is 0.562. The molecule has 1 aromatic carbocycles. The number of anilines is 1. The van der Waals surface area contributed by atoms with Crippen molar-refractivity contribution in [1.29, 1.82) is 0 Å². The van der Waals surface area contributed by atoms with E-state index in [4.69, 9.17) is 5.73 Å². The van der Waals surface area contributed by atoms with Crippen LogP contribution in [0.5, 0.6) is 0 Å². The molecule has 1 saturated heterocycles. The molecule has 0 aliphatic carbocycles. The Morgan fingerprint density at radius 1 is 1.25 bits per heavy atom. The van der Waals surface area contributed by atoms with E-state index in [0.717, 1.165) is 37.4 Å². The van der Waals surface area contributed by atoms with Gasteiger partial charge >= 0.3 is 0 Å². The van der Waals surface area contributed by atoms with E-state index >= 15 is 0 Å². The third-order valence-corrected chi connectivity index (χ3v) is 3.95. The van der Waals surface area contributed by atoms with E-state index in [1.54, 1.807) is 0 Å². The van der Waals surface area contributed by atoms with Gasteiger partial charge in [0.15, 0.2) is 5.78 Å². The van der Waals surface area contributed by atoms with Gasteiger partial charge in [0.2, 0.25) is 0 Å². The molecule has 1 heterocycles. The molecule has 0 unspecified atom stereocenters. The summed E-state index contributed by atoms with van der Waals surface area (Å²) in [5.74, 6) is 0.134. The van der Waals surface area contributed by atoms with Gasteiger partial charge in [0, 0.05) is 49.9 Å². The van der Waals surface area contributed by atoms with Crippen LogP contribution in [0.2, 0.25) is 0 Å². The second kappa shape index (κ2) is 6.86. The molecule has 20 heavy (non-hydrogen) atoms. The summed E-state index contributed by atoms with van der Waals surface area (Å²) in [5.41, 5.74) is 7.38. The molecular weight excluding hydrogens is 250 g/mol. The number of hydrogen-bond donors (Lipinski definition) is 1. The monoisotopic (exact) mass is 275 g/mol. The normalized spacial score (nSPS) is 16.7. The van der Waals surface area contributed by atoms with Gasteiger partial charge in [-0.2, -0.15) is 0 Å². The number of piperazine rings is 1. The van der Waals surface area contributed by atoms with E-state index in [-0.39, 0.29) is 5.78 Å². The average molecular weight is 275 g/mol. The fourth-order valence-electron chi connectivity index (χ4n) is 2.65. The fourth-order valence-corrected chi connectivity index (χ4v) is 2.65. The largest absolute Gasteiger partial charge is 0.369 e. The number of carbonyl (C=O) groups is 1. The highest BCUT2D eigenvalue weighted by molar-refractivity contribution is 5.97. The zero-order valence-corrected chi connectivity index (χ0v) is 12.5. The van der Waals surface area contributed by atoms with E-state index in [9.17, 15) is 4.79 Å². The van der Waals surface area contributed by atoms with Gasteiger partial charge in [0.1, 0.15) is 0 Å². The second-order valence-electron chi connectivity index (χ2n) is 5.63. The lowest BCUT2D eigenvalue weighted by Gasteiger charge is -2.38. The van der Waals surface area contributed by atoms with Gasteiger partial charge < -0.3 is 10.6 Å². The highest BCUT2D eigenvalue weighted by Crippen LogP contribution is 2.19. The Bertz CT molecular complexity index is 451. The van der Waals surface area contributed by atoms with E-state index in [2.05, 4.69) is 29.7 Å². The van der Waals surface area contributed by atoms with Gasteiger partial charge in [-0.05, 0) is 32.5 Å². The van der Waals surface area contributed by atoms with Gasteiger partial charge in [-0.15, -0.1) is 0 Å². The van der Waals surface area contributed by atoms with Crippen molar-refractivity contribution in [3.05, 3.63) is 29.8 Å². The molecule has 110 valence electrons. The molecule has 0 bridgehead atoms. The SMILES string of the molecule is CC(C)N1CCN(c2cccc(C(=O)CCN)c2)CC1. The number of Topliss-reactive ketones (excluding diaryl/α,β-unsaturated/α-hetero) is 1. The Morgan fingerprint density at radius 3 is 2.55 bits per heavy atom. The molecular formula is C16H25N3O. The van der Waals surface area contributed by atoms with Crippen molar-refractivity contribution in [2.45, 2.75) is 26.3 Å². The molecule has 0 spiro atoms. The maximum absolute atomic E-state index is 11.9. The molecule has 4 heteroatoms. The molecule has 0 amide bonds. The third-order valence-electron chi connectivity index (χ3n) is 3.95. The second-order valence-corrected chi connectivity index (χ2v) is 5.63. The van der Waals surface area contributed by atoms with Crippen molar-refractivity contribution in [3.63, 3.8) is 0 Å². The predicted octanol–water partition coefficient (Wildman–Crippen LogP) is 1.75. The Morgan fingerprint density at radius 2 is 1.95 bits per heavy atom. The van der Waals surface area contributed by atoms with E-state index < -0.39 is 0 Å². The molecule has 1 aromatic rings. The molecule has 4 nitrogen and oxygen atoms in total. The first-order chi connectivity index (χ1) is 9.61. The topological polar surface area (TPSA) is 49.6 Å². The molecule has 1 fully saturated rings. The Kier molecular flexibility index (Phi) is 5.15. The number of nitrogens with zero attached hydrogens (tertiary/aromatic N) is 2. The van der Waals surface area contributed by atoms with Gasteiger partial charge in [-0.3, -0.25) is 9.69 Å². The average Bonchev–Trinajstić information content (AvgIpc) is 2.48. The third kappa shape index (κ3) is 3.58. The number of benzene rings is 1. The summed E-state index contributed by atoms with van der Waals surface area (Å²) in [6.45, 7) is 9.09. The van der Waals surface area contributed by atoms with Crippen LogP contribution < -0.4 is 10.6 Å². The first-order valence-corrected chi connectivity index (χ1v) is 7.44. The van der Waals surface area contributed by atoms with E-state index in [0.29, 0.717) is 19.0 Å². The van der Waals surface area contributed by atoms with Crippen LogP contribution in [0.25, 0.3) is 0 Å². The molecule has 0 aromatic heterocycles. The number of rotatable bonds is 5. The molecule has 1 aliphatic heterocycles. The summed E-state index contributed by atoms with van der Waals surface area (Å²) in [5, 5.41) is 0. The maximum atomic E-state index is 11.9. The summed E-state index contributed by atoms with van der Waals surface area (Å²) < 4.78 is 0. The minimum atomic E-state index is 0.134. The summed E-state index contributed by atoms with van der Waals surface area (Å²) >= 11 is 0. The van der Waals surface area contributed by atoms with Crippen LogP contribution in [-0.2, 0) is 0 Å². The van der Waals surface area contributed by atoms with Crippen molar-refractivity contribution >= 4 is 11.5 Å². The number of ketones is 1. The highest BCUT2D eigenvalue weighted by atomic mass is 16.1. The predicted molar refractivity (Wildman–Crippen MR) is 83.4 cm³/mol. The zero-order chi connectivity index (χ0) is 14.5. The number of nitrogens with two attached hydrogens (primary N) is 1. The minimum Gasteiger partial charge on any atom is -0.369 e. The lowest BCUT2D eigenvalue weighted by molar-refractivity contribution is 0.0985. The van der Waals surface area contributed by atoms with Gasteiger partial charge in [-0.25, -0.2) is 0 Å². The smallest absolute Gasteiger partial charge is 0.164 e. The van der Waals surface area contributed by atoms with Gasteiger partial charge in [0.25, 0.3) is 0 Å². The number of carbonyl (C=O) groups excluding carboxylic acids is 1. The minimum absolute atomic E-state index is 0.134. The van der Waals surface area contributed by atoms with Crippen LogP contribution >= 0.6 is 0 Å². The first kappa shape index (κ1) is 15.0. The summed E-state index contributed by atoms with van der Waals surface area (Å²) in [7, 11) is 0. The standard InChI is InChI=1S/C16H25N3O/c1-13(2)18-8-10-19(11-9-18)15-5-3-4-14(12-15)16(20)6-7-17/h3-5,12-13H,6-11,17H2,1-2H3. The van der Waals surface area contributed by atoms with Crippen LogP contribution in [-0.4, -0.2) is 49.4 Å². The van der Waals surface area contributed by atoms with E-state index in [1.165, 1.54) is 0 Å². The summed E-state index contributed by atoms with van der Waals surface area (Å²) in [4.78, 5) is 16.8. The van der Waals surface area contributed by atoms with Crippen LogP contribution in [0.15, 0.2) is 24.3 Å². The Hall–Kier alpha value is -1.39. The highest BCUT2D eigenvalue weighted by Gasteiger charge is 2.19. The molecule has 0 radical (unpaired) electrons. The maximum Gasteiger partial charge on any atom is 0.164 e. The van der Waals surface area contributed by atoms with Crippen molar-refractivity contribution in [3.8, 4) is 0 Å². The Balaban J connectivity index is 2.03. The molecule has 1 aliphatic rings. The lowest BCUT2D eigenvalue weighted by Crippen LogP contribution is -2.48. The van der Waals surface area contributed by atoms with Gasteiger partial charge in [-0.1, -0.05) is 12.1 Å². The first-order valence-electron chi connectivity index (χ1n) is 7.44. The van der Waals surface area contributed by atoms with Crippen LogP contribution in [0.3, 0.4) is 0 Å². The van der Waals surface area contributed by atoms with Crippen molar-refractivity contribution in [1.82, 2.24) is 4.90 Å². The van der Waals surface area contributed by atoms with Crippen molar-refractivity contribution < 1.29 is 4.79 Å². The lowest BCUT2D eigenvalue weighted by atomic mass is 10.1. The quantitative estimate of drug-likeness (QED) is 0.832. The van der Waals surface area contributed by atoms with Crippen molar-refractivity contribution in [2.24, 2.45) is 5.73 Å². The summed E-state index contributed by atoms with van der Waals surface area (Å²) in [6, 6.07) is 8.54. The summed E-state index contributed by atoms with van der Waals surface area (Å²) in [6.07, 6.45) is 0.421. The molecule has 2 rings (SSSR count). The molecule has 2 N–H and O–H groups in total.